The predicted molar refractivity (Wildman–Crippen MR) is 99.2 cm³/mol. The van der Waals surface area contributed by atoms with E-state index in [1.54, 1.807) is 4.68 Å². The molecule has 1 N–H and O–H groups in total. The van der Waals surface area contributed by atoms with Crippen molar-refractivity contribution in [3.63, 3.8) is 0 Å². The Balaban J connectivity index is 1.58. The Hall–Kier alpha value is -2.77. The summed E-state index contributed by atoms with van der Waals surface area (Å²) in [6, 6.07) is 20.4. The fourth-order valence-corrected chi connectivity index (χ4v) is 3.14. The van der Waals surface area contributed by atoms with E-state index < -0.39 is 0 Å². The SMILES string of the molecule is c1ccc([C@@H](CN2CCOCC2)Nc2nnnn2-c2ccccc2)cc1. The van der Waals surface area contributed by atoms with E-state index in [-0.39, 0.29) is 6.04 Å². The van der Waals surface area contributed by atoms with Crippen molar-refractivity contribution in [1.82, 2.24) is 25.1 Å². The molecule has 1 aromatic heterocycles. The molecular weight excluding hydrogens is 328 g/mol. The smallest absolute Gasteiger partial charge is 0.248 e. The highest BCUT2D eigenvalue weighted by atomic mass is 16.5. The summed E-state index contributed by atoms with van der Waals surface area (Å²) in [6.07, 6.45) is 0. The molecule has 0 amide bonds. The minimum atomic E-state index is 0.0859. The van der Waals surface area contributed by atoms with Crippen molar-refractivity contribution in [2.45, 2.75) is 6.04 Å². The Morgan fingerprint density at radius 2 is 1.65 bits per heavy atom. The second-order valence-electron chi connectivity index (χ2n) is 6.27. The minimum Gasteiger partial charge on any atom is -0.379 e. The molecule has 1 fully saturated rings. The van der Waals surface area contributed by atoms with E-state index in [1.165, 1.54) is 5.56 Å². The van der Waals surface area contributed by atoms with E-state index in [2.05, 4.69) is 50.0 Å². The number of nitrogens with one attached hydrogen (secondary N) is 1. The number of morpholine rings is 1. The van der Waals surface area contributed by atoms with Crippen molar-refractivity contribution in [2.75, 3.05) is 38.2 Å². The van der Waals surface area contributed by atoms with E-state index in [1.807, 2.05) is 36.4 Å². The summed E-state index contributed by atoms with van der Waals surface area (Å²) in [4.78, 5) is 2.41. The number of anilines is 1. The van der Waals surface area contributed by atoms with Crippen LogP contribution in [0.3, 0.4) is 0 Å². The van der Waals surface area contributed by atoms with E-state index in [9.17, 15) is 0 Å². The predicted octanol–water partition coefficient (Wildman–Crippen LogP) is 2.15. The minimum absolute atomic E-state index is 0.0859. The van der Waals surface area contributed by atoms with Gasteiger partial charge in [0.1, 0.15) is 0 Å². The number of para-hydroxylation sites is 1. The molecule has 0 radical (unpaired) electrons. The quantitative estimate of drug-likeness (QED) is 0.735. The summed E-state index contributed by atoms with van der Waals surface area (Å²) in [7, 11) is 0. The molecule has 1 aliphatic rings. The molecule has 2 aromatic carbocycles. The number of hydrogen-bond acceptors (Lipinski definition) is 6. The van der Waals surface area contributed by atoms with Crippen LogP contribution in [0.5, 0.6) is 0 Å². The highest BCUT2D eigenvalue weighted by Gasteiger charge is 2.20. The molecule has 26 heavy (non-hydrogen) atoms. The maximum atomic E-state index is 5.47. The third-order valence-corrected chi connectivity index (χ3v) is 4.52. The van der Waals surface area contributed by atoms with E-state index >= 15 is 0 Å². The van der Waals surface area contributed by atoms with Gasteiger partial charge in [0, 0.05) is 19.6 Å². The van der Waals surface area contributed by atoms with Gasteiger partial charge in [-0.25, -0.2) is 0 Å². The molecule has 0 aliphatic carbocycles. The fraction of sp³-hybridized carbons (Fsp3) is 0.316. The molecule has 3 aromatic rings. The molecule has 7 heteroatoms. The van der Waals surface area contributed by atoms with Crippen molar-refractivity contribution in [1.29, 1.82) is 0 Å². The van der Waals surface area contributed by atoms with Crippen LogP contribution >= 0.6 is 0 Å². The van der Waals surface area contributed by atoms with Gasteiger partial charge in [-0.05, 0) is 28.1 Å². The molecule has 1 atom stereocenters. The summed E-state index contributed by atoms with van der Waals surface area (Å²) in [5.41, 5.74) is 2.14. The fourth-order valence-electron chi connectivity index (χ4n) is 3.14. The zero-order valence-electron chi connectivity index (χ0n) is 14.5. The van der Waals surface area contributed by atoms with Crippen LogP contribution in [0.25, 0.3) is 5.69 Å². The largest absolute Gasteiger partial charge is 0.379 e. The highest BCUT2D eigenvalue weighted by Crippen LogP contribution is 2.21. The van der Waals surface area contributed by atoms with Crippen LogP contribution in [-0.4, -0.2) is 58.0 Å². The maximum absolute atomic E-state index is 5.47. The van der Waals surface area contributed by atoms with Crippen LogP contribution in [0.1, 0.15) is 11.6 Å². The lowest BCUT2D eigenvalue weighted by Gasteiger charge is -2.31. The van der Waals surface area contributed by atoms with Gasteiger partial charge >= 0.3 is 0 Å². The first-order valence-corrected chi connectivity index (χ1v) is 8.85. The van der Waals surface area contributed by atoms with Crippen molar-refractivity contribution in [3.05, 3.63) is 66.2 Å². The lowest BCUT2D eigenvalue weighted by molar-refractivity contribution is 0.0360. The Kier molecular flexibility index (Phi) is 5.18. The van der Waals surface area contributed by atoms with Crippen molar-refractivity contribution in [2.24, 2.45) is 0 Å². The summed E-state index contributed by atoms with van der Waals surface area (Å²) in [5.74, 6) is 0.637. The zero-order chi connectivity index (χ0) is 17.6. The van der Waals surface area contributed by atoms with Crippen LogP contribution < -0.4 is 5.32 Å². The van der Waals surface area contributed by atoms with E-state index in [0.29, 0.717) is 5.95 Å². The summed E-state index contributed by atoms with van der Waals surface area (Å²) < 4.78 is 7.20. The van der Waals surface area contributed by atoms with Gasteiger partial charge in [0.15, 0.2) is 0 Å². The average Bonchev–Trinajstić information content (AvgIpc) is 3.18. The molecule has 0 saturated carbocycles. The van der Waals surface area contributed by atoms with Crippen LogP contribution in [0.15, 0.2) is 60.7 Å². The molecule has 1 saturated heterocycles. The third-order valence-electron chi connectivity index (χ3n) is 4.52. The van der Waals surface area contributed by atoms with Gasteiger partial charge < -0.3 is 10.1 Å². The summed E-state index contributed by atoms with van der Waals surface area (Å²) in [5, 5.41) is 15.7. The highest BCUT2D eigenvalue weighted by molar-refractivity contribution is 5.40. The van der Waals surface area contributed by atoms with Gasteiger partial charge in [0.2, 0.25) is 5.95 Å². The van der Waals surface area contributed by atoms with Crippen LogP contribution in [0, 0.1) is 0 Å². The second-order valence-corrected chi connectivity index (χ2v) is 6.27. The lowest BCUT2D eigenvalue weighted by atomic mass is 10.1. The first-order chi connectivity index (χ1) is 12.9. The topological polar surface area (TPSA) is 68.1 Å². The molecule has 0 unspecified atom stereocenters. The van der Waals surface area contributed by atoms with Crippen LogP contribution in [0.2, 0.25) is 0 Å². The number of hydrogen-bond donors (Lipinski definition) is 1. The number of ether oxygens (including phenoxy) is 1. The Morgan fingerprint density at radius 1 is 0.962 bits per heavy atom. The summed E-state index contributed by atoms with van der Waals surface area (Å²) in [6.45, 7) is 4.31. The monoisotopic (exact) mass is 350 g/mol. The molecule has 1 aliphatic heterocycles. The number of rotatable bonds is 6. The average molecular weight is 350 g/mol. The van der Waals surface area contributed by atoms with E-state index in [4.69, 9.17) is 4.74 Å². The van der Waals surface area contributed by atoms with Crippen molar-refractivity contribution in [3.8, 4) is 5.69 Å². The molecule has 0 spiro atoms. The van der Waals surface area contributed by atoms with Gasteiger partial charge in [-0.1, -0.05) is 53.6 Å². The van der Waals surface area contributed by atoms with Crippen LogP contribution in [0.4, 0.5) is 5.95 Å². The number of aromatic nitrogens is 4. The maximum Gasteiger partial charge on any atom is 0.248 e. The first-order valence-electron chi connectivity index (χ1n) is 8.85. The van der Waals surface area contributed by atoms with E-state index in [0.717, 1.165) is 38.5 Å². The second kappa shape index (κ2) is 8.07. The Morgan fingerprint density at radius 3 is 2.38 bits per heavy atom. The van der Waals surface area contributed by atoms with Gasteiger partial charge in [-0.2, -0.15) is 4.68 Å². The molecule has 4 rings (SSSR count). The molecule has 2 heterocycles. The summed E-state index contributed by atoms with van der Waals surface area (Å²) >= 11 is 0. The van der Waals surface area contributed by atoms with Crippen molar-refractivity contribution >= 4 is 5.95 Å². The molecule has 134 valence electrons. The Bertz CT molecular complexity index is 801. The molecular formula is C19H22N6O. The lowest BCUT2D eigenvalue weighted by Crippen LogP contribution is -2.40. The number of tetrazole rings is 1. The molecule has 7 nitrogen and oxygen atoms in total. The standard InChI is InChI=1S/C19H22N6O/c1-3-7-16(8-4-1)18(15-24-11-13-26-14-12-24)20-19-21-22-23-25(19)17-9-5-2-6-10-17/h1-10,18H,11-15H2,(H,20,21,23)/t18-/m1/s1. The zero-order valence-corrected chi connectivity index (χ0v) is 14.5. The van der Waals surface area contributed by atoms with Crippen molar-refractivity contribution < 1.29 is 4.74 Å². The molecule has 0 bridgehead atoms. The first kappa shape index (κ1) is 16.7. The normalized spacial score (nSPS) is 16.3. The van der Waals surface area contributed by atoms with Gasteiger partial charge in [0.05, 0.1) is 24.9 Å². The Labute approximate surface area is 152 Å². The van der Waals surface area contributed by atoms with Gasteiger partial charge in [-0.3, -0.25) is 4.90 Å². The third kappa shape index (κ3) is 3.89. The van der Waals surface area contributed by atoms with Gasteiger partial charge in [0.25, 0.3) is 0 Å². The number of nitrogens with zero attached hydrogens (tertiary/aromatic N) is 5. The van der Waals surface area contributed by atoms with Gasteiger partial charge in [-0.15, -0.1) is 0 Å². The number of benzene rings is 2. The van der Waals surface area contributed by atoms with Crippen LogP contribution in [-0.2, 0) is 4.74 Å².